The van der Waals surface area contributed by atoms with Gasteiger partial charge in [-0.1, -0.05) is 59.2 Å². The highest BCUT2D eigenvalue weighted by Gasteiger charge is 2.16. The highest BCUT2D eigenvalue weighted by molar-refractivity contribution is 6.30. The van der Waals surface area contributed by atoms with E-state index >= 15 is 0 Å². The van der Waals surface area contributed by atoms with Crippen LogP contribution in [0.5, 0.6) is 0 Å². The maximum atomic E-state index is 6.13. The van der Waals surface area contributed by atoms with Crippen LogP contribution in [-0.2, 0) is 6.42 Å². The lowest BCUT2D eigenvalue weighted by molar-refractivity contribution is 0.363. The molecule has 5 heteroatoms. The van der Waals surface area contributed by atoms with Gasteiger partial charge in [-0.15, -0.1) is 0 Å². The molecule has 0 saturated heterocycles. The first kappa shape index (κ1) is 13.8. The largest absolute Gasteiger partial charge is 0.337 e. The highest BCUT2D eigenvalue weighted by Crippen LogP contribution is 2.18. The first-order chi connectivity index (χ1) is 10.2. The summed E-state index contributed by atoms with van der Waals surface area (Å²) in [7, 11) is 0. The van der Waals surface area contributed by atoms with Crippen molar-refractivity contribution >= 4 is 11.6 Å². The number of aromatic nitrogens is 2. The van der Waals surface area contributed by atoms with Crippen LogP contribution in [0.15, 0.2) is 59.1 Å². The summed E-state index contributed by atoms with van der Waals surface area (Å²) in [5.41, 5.74) is 8.14. The average molecular weight is 300 g/mol. The van der Waals surface area contributed by atoms with Crippen molar-refractivity contribution in [1.82, 2.24) is 10.1 Å². The fraction of sp³-hybridized carbons (Fsp3) is 0.125. The highest BCUT2D eigenvalue weighted by atomic mass is 35.5. The molecule has 0 aliphatic rings. The van der Waals surface area contributed by atoms with Crippen molar-refractivity contribution in [2.75, 3.05) is 0 Å². The maximum Gasteiger partial charge on any atom is 0.248 e. The summed E-state index contributed by atoms with van der Waals surface area (Å²) < 4.78 is 5.26. The van der Waals surface area contributed by atoms with E-state index in [-0.39, 0.29) is 0 Å². The van der Waals surface area contributed by atoms with Gasteiger partial charge < -0.3 is 10.3 Å². The Hall–Kier alpha value is -2.17. The van der Waals surface area contributed by atoms with E-state index in [2.05, 4.69) is 10.1 Å². The standard InChI is InChI=1S/C16H14ClN3O/c17-13-8-6-11(7-9-13)10-14-19-16(21-20-14)15(18)12-4-2-1-3-5-12/h1-9,15H,10,18H2/t15-/m1/s1. The smallest absolute Gasteiger partial charge is 0.248 e. The molecule has 0 spiro atoms. The molecule has 0 saturated carbocycles. The average Bonchev–Trinajstić information content (AvgIpc) is 2.98. The van der Waals surface area contributed by atoms with Gasteiger partial charge in [0.2, 0.25) is 5.89 Å². The molecule has 0 fully saturated rings. The molecule has 106 valence electrons. The second-order valence-corrected chi connectivity index (χ2v) is 5.18. The molecule has 2 aromatic carbocycles. The lowest BCUT2D eigenvalue weighted by atomic mass is 10.1. The van der Waals surface area contributed by atoms with E-state index in [1.165, 1.54) is 0 Å². The van der Waals surface area contributed by atoms with Gasteiger partial charge in [-0.3, -0.25) is 0 Å². The van der Waals surface area contributed by atoms with Crippen LogP contribution in [0, 0.1) is 0 Å². The van der Waals surface area contributed by atoms with Gasteiger partial charge in [0, 0.05) is 11.4 Å². The van der Waals surface area contributed by atoms with Crippen molar-refractivity contribution in [3.63, 3.8) is 0 Å². The van der Waals surface area contributed by atoms with E-state index in [0.717, 1.165) is 11.1 Å². The molecule has 1 heterocycles. The minimum atomic E-state index is -0.405. The van der Waals surface area contributed by atoms with E-state index in [4.69, 9.17) is 21.9 Å². The Balaban J connectivity index is 1.75. The van der Waals surface area contributed by atoms with Crippen LogP contribution in [0.25, 0.3) is 0 Å². The van der Waals surface area contributed by atoms with Gasteiger partial charge >= 0.3 is 0 Å². The third kappa shape index (κ3) is 3.29. The van der Waals surface area contributed by atoms with Crippen LogP contribution in [0.1, 0.15) is 28.9 Å². The Morgan fingerprint density at radius 3 is 2.48 bits per heavy atom. The van der Waals surface area contributed by atoms with Gasteiger partial charge in [0.05, 0.1) is 0 Å². The quantitative estimate of drug-likeness (QED) is 0.802. The molecule has 21 heavy (non-hydrogen) atoms. The second kappa shape index (κ2) is 6.08. The van der Waals surface area contributed by atoms with Crippen LogP contribution < -0.4 is 5.73 Å². The Morgan fingerprint density at radius 2 is 1.76 bits per heavy atom. The normalized spacial score (nSPS) is 12.3. The van der Waals surface area contributed by atoms with E-state index in [0.29, 0.717) is 23.2 Å². The third-order valence-electron chi connectivity index (χ3n) is 3.18. The summed E-state index contributed by atoms with van der Waals surface area (Å²) >= 11 is 5.86. The van der Waals surface area contributed by atoms with Gasteiger partial charge in [-0.05, 0) is 23.3 Å². The van der Waals surface area contributed by atoms with Gasteiger partial charge in [0.15, 0.2) is 5.82 Å². The molecule has 0 bridgehead atoms. The number of hydrogen-bond acceptors (Lipinski definition) is 4. The van der Waals surface area contributed by atoms with Crippen molar-refractivity contribution < 1.29 is 4.52 Å². The number of nitrogens with two attached hydrogens (primary N) is 1. The van der Waals surface area contributed by atoms with Gasteiger partial charge in [0.25, 0.3) is 0 Å². The van der Waals surface area contributed by atoms with Gasteiger partial charge in [-0.25, -0.2) is 0 Å². The minimum absolute atomic E-state index is 0.405. The Bertz CT molecular complexity index is 710. The number of benzene rings is 2. The molecule has 3 rings (SSSR count). The molecule has 0 amide bonds. The fourth-order valence-corrected chi connectivity index (χ4v) is 2.18. The molecule has 0 radical (unpaired) electrons. The zero-order valence-corrected chi connectivity index (χ0v) is 12.0. The predicted molar refractivity (Wildman–Crippen MR) is 81.0 cm³/mol. The molecule has 1 aromatic heterocycles. The van der Waals surface area contributed by atoms with Crippen molar-refractivity contribution in [3.8, 4) is 0 Å². The van der Waals surface area contributed by atoms with Crippen molar-refractivity contribution in [2.45, 2.75) is 12.5 Å². The summed E-state index contributed by atoms with van der Waals surface area (Å²) in [6.07, 6.45) is 0.585. The summed E-state index contributed by atoms with van der Waals surface area (Å²) in [6, 6.07) is 16.8. The van der Waals surface area contributed by atoms with Crippen LogP contribution >= 0.6 is 11.6 Å². The number of nitrogens with zero attached hydrogens (tertiary/aromatic N) is 2. The lowest BCUT2D eigenvalue weighted by Gasteiger charge is -2.05. The van der Waals surface area contributed by atoms with Crippen LogP contribution in [0.4, 0.5) is 0 Å². The van der Waals surface area contributed by atoms with Crippen molar-refractivity contribution in [3.05, 3.63) is 82.5 Å². The van der Waals surface area contributed by atoms with E-state index in [1.54, 1.807) is 0 Å². The first-order valence-corrected chi connectivity index (χ1v) is 6.97. The summed E-state index contributed by atoms with van der Waals surface area (Å²) in [4.78, 5) is 4.37. The van der Waals surface area contributed by atoms with E-state index in [9.17, 15) is 0 Å². The van der Waals surface area contributed by atoms with Gasteiger partial charge in [-0.2, -0.15) is 4.98 Å². The lowest BCUT2D eigenvalue weighted by Crippen LogP contribution is -2.12. The molecule has 2 N–H and O–H groups in total. The molecule has 3 aromatic rings. The Kier molecular flexibility index (Phi) is 3.99. The molecule has 0 aliphatic heterocycles. The number of hydrogen-bond donors (Lipinski definition) is 1. The summed E-state index contributed by atoms with van der Waals surface area (Å²) in [6.45, 7) is 0. The van der Waals surface area contributed by atoms with E-state index < -0.39 is 6.04 Å². The number of rotatable bonds is 4. The van der Waals surface area contributed by atoms with E-state index in [1.807, 2.05) is 54.6 Å². The zero-order valence-electron chi connectivity index (χ0n) is 11.2. The molecule has 1 atom stereocenters. The third-order valence-corrected chi connectivity index (χ3v) is 3.44. The van der Waals surface area contributed by atoms with Crippen LogP contribution in [-0.4, -0.2) is 10.1 Å². The topological polar surface area (TPSA) is 64.9 Å². The molecular weight excluding hydrogens is 286 g/mol. The van der Waals surface area contributed by atoms with Crippen LogP contribution in [0.2, 0.25) is 5.02 Å². The number of halogens is 1. The monoisotopic (exact) mass is 299 g/mol. The minimum Gasteiger partial charge on any atom is -0.337 e. The maximum absolute atomic E-state index is 6.13. The summed E-state index contributed by atoms with van der Waals surface area (Å²) in [5.74, 6) is 1.03. The van der Waals surface area contributed by atoms with Crippen molar-refractivity contribution in [1.29, 1.82) is 0 Å². The second-order valence-electron chi connectivity index (χ2n) is 4.74. The predicted octanol–water partition coefficient (Wildman–Crippen LogP) is 3.36. The fourth-order valence-electron chi connectivity index (χ4n) is 2.05. The molecule has 0 aliphatic carbocycles. The SMILES string of the molecule is N[C@H](c1ccccc1)c1nc(Cc2ccc(Cl)cc2)no1. The molecular formula is C16H14ClN3O. The van der Waals surface area contributed by atoms with Crippen molar-refractivity contribution in [2.24, 2.45) is 5.73 Å². The Labute approximate surface area is 127 Å². The molecule has 4 nitrogen and oxygen atoms in total. The van der Waals surface area contributed by atoms with Gasteiger partial charge in [0.1, 0.15) is 6.04 Å². The summed E-state index contributed by atoms with van der Waals surface area (Å²) in [5, 5.41) is 4.69. The molecule has 0 unspecified atom stereocenters. The first-order valence-electron chi connectivity index (χ1n) is 6.60. The van der Waals surface area contributed by atoms with Crippen LogP contribution in [0.3, 0.4) is 0 Å². The Morgan fingerprint density at radius 1 is 1.05 bits per heavy atom. The zero-order chi connectivity index (χ0) is 14.7.